The first-order chi connectivity index (χ1) is 13.7. The molecule has 0 aliphatic carbocycles. The molecule has 2 aliphatic heterocycles. The third-order valence-electron chi connectivity index (χ3n) is 5.16. The smallest absolute Gasteiger partial charge is 0.262 e. The van der Waals surface area contributed by atoms with Gasteiger partial charge in [-0.25, -0.2) is 0 Å². The second-order valence-electron chi connectivity index (χ2n) is 7.14. The van der Waals surface area contributed by atoms with Crippen LogP contribution in [0.15, 0.2) is 42.6 Å². The Morgan fingerprint density at radius 2 is 2.10 bits per heavy atom. The van der Waals surface area contributed by atoms with E-state index < -0.39 is 0 Å². The number of halogens is 1. The van der Waals surface area contributed by atoms with E-state index in [1.807, 2.05) is 23.1 Å². The van der Waals surface area contributed by atoms with Gasteiger partial charge in [-0.05, 0) is 62.7 Å². The molecule has 2 aromatic rings. The van der Waals surface area contributed by atoms with Gasteiger partial charge in [0.25, 0.3) is 11.8 Å². The van der Waals surface area contributed by atoms with Crippen LogP contribution in [0.25, 0.3) is 0 Å². The molecule has 3 heterocycles. The minimum absolute atomic E-state index is 0. The minimum Gasteiger partial charge on any atom is -0.482 e. The van der Waals surface area contributed by atoms with Crippen molar-refractivity contribution in [3.05, 3.63) is 53.9 Å². The number of anilines is 1. The Balaban J connectivity index is 0.00000240. The summed E-state index contributed by atoms with van der Waals surface area (Å²) in [7, 11) is 0. The standard InChI is InChI=1S/C21H24N4O3.ClH/c26-20-14-28-19-7-6-15(12-18(19)24-20)21(27)25(13-16-4-1-2-10-23-16)17-5-3-9-22-11-8-17;/h1-2,4,6-7,10,12,17,22H,3,5,8-9,11,13-14H2,(H,24,26);1H. The predicted molar refractivity (Wildman–Crippen MR) is 112 cm³/mol. The first kappa shape index (κ1) is 21.1. The van der Waals surface area contributed by atoms with Crippen LogP contribution in [0.3, 0.4) is 0 Å². The number of amides is 2. The molecule has 2 N–H and O–H groups in total. The summed E-state index contributed by atoms with van der Waals surface area (Å²) in [6.45, 7) is 2.33. The van der Waals surface area contributed by atoms with Gasteiger partial charge in [-0.1, -0.05) is 6.07 Å². The molecule has 4 rings (SSSR count). The number of nitrogens with one attached hydrogen (secondary N) is 2. The van der Waals surface area contributed by atoms with Gasteiger partial charge in [0.2, 0.25) is 0 Å². The first-order valence-corrected chi connectivity index (χ1v) is 9.69. The summed E-state index contributed by atoms with van der Waals surface area (Å²) in [5.41, 5.74) is 1.95. The van der Waals surface area contributed by atoms with E-state index in [1.54, 1.807) is 24.4 Å². The highest BCUT2D eigenvalue weighted by Gasteiger charge is 2.27. The molecule has 0 radical (unpaired) electrons. The number of hydrogen-bond acceptors (Lipinski definition) is 5. The van der Waals surface area contributed by atoms with Crippen molar-refractivity contribution in [1.29, 1.82) is 0 Å². The molecule has 2 amide bonds. The molecule has 7 nitrogen and oxygen atoms in total. The van der Waals surface area contributed by atoms with Gasteiger partial charge in [-0.2, -0.15) is 0 Å². The third-order valence-corrected chi connectivity index (χ3v) is 5.16. The lowest BCUT2D eigenvalue weighted by Gasteiger charge is -2.31. The normalized spacial score (nSPS) is 18.3. The molecule has 154 valence electrons. The second-order valence-corrected chi connectivity index (χ2v) is 7.14. The maximum Gasteiger partial charge on any atom is 0.262 e. The van der Waals surface area contributed by atoms with E-state index >= 15 is 0 Å². The maximum absolute atomic E-state index is 13.5. The molecule has 1 fully saturated rings. The van der Waals surface area contributed by atoms with E-state index in [2.05, 4.69) is 15.6 Å². The lowest BCUT2D eigenvalue weighted by Crippen LogP contribution is -2.40. The molecular formula is C21H25ClN4O3. The van der Waals surface area contributed by atoms with Gasteiger partial charge in [0, 0.05) is 17.8 Å². The Morgan fingerprint density at radius 3 is 2.93 bits per heavy atom. The SMILES string of the molecule is Cl.O=C1COc2ccc(C(=O)N(Cc3ccccn3)C3CCCNCC3)cc2N1. The van der Waals surface area contributed by atoms with Gasteiger partial charge in [0.15, 0.2) is 6.61 Å². The Kier molecular flexibility index (Phi) is 7.06. The number of aromatic nitrogens is 1. The number of hydrogen-bond donors (Lipinski definition) is 2. The Morgan fingerprint density at radius 1 is 1.21 bits per heavy atom. The monoisotopic (exact) mass is 416 g/mol. The summed E-state index contributed by atoms with van der Waals surface area (Å²) in [6, 6.07) is 11.1. The molecule has 2 aliphatic rings. The first-order valence-electron chi connectivity index (χ1n) is 9.69. The highest BCUT2D eigenvalue weighted by molar-refractivity contribution is 6.00. The number of pyridine rings is 1. The summed E-state index contributed by atoms with van der Waals surface area (Å²) in [4.78, 5) is 31.4. The topological polar surface area (TPSA) is 83.6 Å². The fraction of sp³-hybridized carbons (Fsp3) is 0.381. The lowest BCUT2D eigenvalue weighted by atomic mass is 10.0. The van der Waals surface area contributed by atoms with Crippen LogP contribution in [0.4, 0.5) is 5.69 Å². The number of carbonyl (C=O) groups excluding carboxylic acids is 2. The van der Waals surface area contributed by atoms with Gasteiger partial charge < -0.3 is 20.3 Å². The van der Waals surface area contributed by atoms with Crippen molar-refractivity contribution >= 4 is 29.9 Å². The van der Waals surface area contributed by atoms with Crippen LogP contribution in [0.2, 0.25) is 0 Å². The van der Waals surface area contributed by atoms with E-state index in [4.69, 9.17) is 4.74 Å². The van der Waals surface area contributed by atoms with Crippen LogP contribution in [-0.2, 0) is 11.3 Å². The zero-order valence-corrected chi connectivity index (χ0v) is 16.9. The zero-order valence-electron chi connectivity index (χ0n) is 16.1. The van der Waals surface area contributed by atoms with Crippen molar-refractivity contribution in [2.75, 3.05) is 25.0 Å². The Hall–Kier alpha value is -2.64. The molecule has 1 aromatic heterocycles. The average Bonchev–Trinajstić information content (AvgIpc) is 3.01. The zero-order chi connectivity index (χ0) is 19.3. The number of fused-ring (bicyclic) bond motifs is 1. The molecule has 1 unspecified atom stereocenters. The maximum atomic E-state index is 13.5. The number of rotatable bonds is 4. The summed E-state index contributed by atoms with van der Waals surface area (Å²) in [6.07, 6.45) is 4.64. The van der Waals surface area contributed by atoms with Crippen LogP contribution < -0.4 is 15.4 Å². The molecule has 0 saturated carbocycles. The quantitative estimate of drug-likeness (QED) is 0.800. The Bertz CT molecular complexity index is 854. The van der Waals surface area contributed by atoms with Crippen molar-refractivity contribution in [1.82, 2.24) is 15.2 Å². The molecule has 1 atom stereocenters. The number of carbonyl (C=O) groups is 2. The number of ether oxygens (including phenoxy) is 1. The van der Waals surface area contributed by atoms with Crippen molar-refractivity contribution in [3.63, 3.8) is 0 Å². The van der Waals surface area contributed by atoms with Gasteiger partial charge in [-0.15, -0.1) is 12.4 Å². The van der Waals surface area contributed by atoms with Crippen LogP contribution in [-0.4, -0.2) is 47.4 Å². The summed E-state index contributed by atoms with van der Waals surface area (Å²) >= 11 is 0. The van der Waals surface area contributed by atoms with Crippen molar-refractivity contribution in [2.24, 2.45) is 0 Å². The fourth-order valence-corrected chi connectivity index (χ4v) is 3.73. The van der Waals surface area contributed by atoms with Crippen molar-refractivity contribution < 1.29 is 14.3 Å². The molecule has 8 heteroatoms. The van der Waals surface area contributed by atoms with Gasteiger partial charge in [0.05, 0.1) is 17.9 Å². The van der Waals surface area contributed by atoms with Gasteiger partial charge in [-0.3, -0.25) is 14.6 Å². The molecule has 1 saturated heterocycles. The number of nitrogens with zero attached hydrogens (tertiary/aromatic N) is 2. The summed E-state index contributed by atoms with van der Waals surface area (Å²) in [5.74, 6) is 0.323. The predicted octanol–water partition coefficient (Wildman–Crippen LogP) is 2.62. The van der Waals surface area contributed by atoms with E-state index in [9.17, 15) is 9.59 Å². The van der Waals surface area contributed by atoms with Gasteiger partial charge in [0.1, 0.15) is 5.75 Å². The lowest BCUT2D eigenvalue weighted by molar-refractivity contribution is -0.118. The van der Waals surface area contributed by atoms with Crippen LogP contribution in [0.1, 0.15) is 35.3 Å². The highest BCUT2D eigenvalue weighted by Crippen LogP contribution is 2.30. The van der Waals surface area contributed by atoms with Crippen molar-refractivity contribution in [2.45, 2.75) is 31.8 Å². The minimum atomic E-state index is -0.211. The van der Waals surface area contributed by atoms with E-state index in [0.29, 0.717) is 23.5 Å². The summed E-state index contributed by atoms with van der Waals surface area (Å²) < 4.78 is 5.40. The van der Waals surface area contributed by atoms with Crippen LogP contribution in [0.5, 0.6) is 5.75 Å². The van der Waals surface area contributed by atoms with Crippen LogP contribution >= 0.6 is 12.4 Å². The molecule has 1 aromatic carbocycles. The van der Waals surface area contributed by atoms with E-state index in [0.717, 1.165) is 38.0 Å². The van der Waals surface area contributed by atoms with E-state index in [-0.39, 0.29) is 36.9 Å². The summed E-state index contributed by atoms with van der Waals surface area (Å²) in [5, 5.41) is 6.18. The van der Waals surface area contributed by atoms with Crippen molar-refractivity contribution in [3.8, 4) is 5.75 Å². The number of benzene rings is 1. The van der Waals surface area contributed by atoms with Gasteiger partial charge >= 0.3 is 0 Å². The largest absolute Gasteiger partial charge is 0.482 e. The molecular weight excluding hydrogens is 392 g/mol. The third kappa shape index (κ3) is 5.05. The molecule has 29 heavy (non-hydrogen) atoms. The second kappa shape index (κ2) is 9.71. The molecule has 0 spiro atoms. The average molecular weight is 417 g/mol. The van der Waals surface area contributed by atoms with Crippen LogP contribution in [0, 0.1) is 0 Å². The Labute approximate surface area is 176 Å². The molecule has 0 bridgehead atoms. The highest BCUT2D eigenvalue weighted by atomic mass is 35.5. The van der Waals surface area contributed by atoms with E-state index in [1.165, 1.54) is 0 Å². The fourth-order valence-electron chi connectivity index (χ4n) is 3.73.